The van der Waals surface area contributed by atoms with E-state index in [1.807, 2.05) is 0 Å². The average molecular weight is 654 g/mol. The zero-order valence-electron chi connectivity index (χ0n) is 26.6. The van der Waals surface area contributed by atoms with Crippen molar-refractivity contribution in [3.05, 3.63) is 5.82 Å². The van der Waals surface area contributed by atoms with Crippen molar-refractivity contribution in [2.45, 2.75) is 97.1 Å². The highest BCUT2D eigenvalue weighted by atomic mass is 16.6. The van der Waals surface area contributed by atoms with E-state index in [1.54, 1.807) is 34.6 Å². The Hall–Kier alpha value is -4.84. The Morgan fingerprint density at radius 2 is 1.78 bits per heavy atom. The summed E-state index contributed by atoms with van der Waals surface area (Å²) >= 11 is 0. The van der Waals surface area contributed by atoms with Crippen molar-refractivity contribution >= 4 is 41.7 Å². The molecule has 0 unspecified atom stereocenters. The van der Waals surface area contributed by atoms with Crippen LogP contribution in [-0.2, 0) is 44.8 Å². The molecule has 0 aliphatic carbocycles. The Morgan fingerprint density at radius 1 is 1.07 bits per heavy atom. The van der Waals surface area contributed by atoms with E-state index in [2.05, 4.69) is 41.9 Å². The van der Waals surface area contributed by atoms with Crippen molar-refractivity contribution in [2.75, 3.05) is 19.6 Å². The number of rotatable bonds is 16. The molecule has 1 aliphatic rings. The molecule has 2 heterocycles. The third-order valence-electron chi connectivity index (χ3n) is 6.78. The quantitative estimate of drug-likeness (QED) is 0.114. The summed E-state index contributed by atoms with van der Waals surface area (Å²) in [6.45, 7) is 7.76. The number of carbonyl (C=O) groups excluding carboxylic acids is 6. The molecule has 256 valence electrons. The highest BCUT2D eigenvalue weighted by Crippen LogP contribution is 2.22. The second-order valence-electron chi connectivity index (χ2n) is 11.7. The number of carboxylic acid groups (broad SMARTS) is 1. The number of ether oxygens (including phenoxy) is 2. The predicted molar refractivity (Wildman–Crippen MR) is 156 cm³/mol. The number of amides is 5. The first kappa shape index (κ1) is 37.3. The molecule has 2 rings (SSSR count). The Bertz CT molecular complexity index is 1230. The van der Waals surface area contributed by atoms with Gasteiger partial charge in [-0.3, -0.25) is 28.8 Å². The number of likely N-dealkylation sites (tertiary alicyclic amines) is 1. The van der Waals surface area contributed by atoms with Gasteiger partial charge in [-0.25, -0.2) is 4.79 Å². The van der Waals surface area contributed by atoms with Crippen LogP contribution in [0.15, 0.2) is 0 Å². The van der Waals surface area contributed by atoms with Crippen LogP contribution >= 0.6 is 0 Å². The maximum atomic E-state index is 13.3. The predicted octanol–water partition coefficient (Wildman–Crippen LogP) is -1.24. The lowest BCUT2D eigenvalue weighted by Gasteiger charge is -2.26. The van der Waals surface area contributed by atoms with Gasteiger partial charge in [0.05, 0.1) is 32.5 Å². The minimum absolute atomic E-state index is 0.0435. The number of H-pyrrole nitrogens is 1. The lowest BCUT2D eigenvalue weighted by atomic mass is 9.98. The minimum Gasteiger partial charge on any atom is -0.481 e. The van der Waals surface area contributed by atoms with E-state index in [1.165, 1.54) is 4.90 Å². The first-order valence-electron chi connectivity index (χ1n) is 14.8. The number of aromatic nitrogens is 4. The molecule has 1 fully saturated rings. The van der Waals surface area contributed by atoms with Gasteiger partial charge in [0, 0.05) is 19.4 Å². The maximum absolute atomic E-state index is 13.3. The normalized spacial score (nSPS) is 17.3. The topological polar surface area (TPSA) is 264 Å². The van der Waals surface area contributed by atoms with E-state index in [0.29, 0.717) is 6.42 Å². The number of hydrogen-bond acceptors (Lipinski definition) is 12. The summed E-state index contributed by atoms with van der Waals surface area (Å²) in [4.78, 5) is 87.9. The molecule has 0 saturated carbocycles. The molecule has 19 nitrogen and oxygen atoms in total. The van der Waals surface area contributed by atoms with Crippen LogP contribution in [0, 0.1) is 5.92 Å². The standard InChI is InChI=1S/C27H43N9O10/c1-6-15(2)23(31-19(37)7-8-21(39)40)25(43)30-13-20(38)36-14-16(11-17(36)24(42)29-12-18-32-34-35-33-18)45-22(41)9-10-28-26(44)46-27(3,4)5/h15-17,23H,6-14H2,1-5H3,(H,28,44)(H,29,42)(H,30,43)(H,31,37)(H,39,40)(H,32,33,34,35)/t15-,16+,17-,23-/m0/s1. The van der Waals surface area contributed by atoms with Crippen molar-refractivity contribution in [3.8, 4) is 0 Å². The van der Waals surface area contributed by atoms with Crippen LogP contribution in [0.5, 0.6) is 0 Å². The van der Waals surface area contributed by atoms with Gasteiger partial charge in [0.1, 0.15) is 23.8 Å². The number of esters is 1. The van der Waals surface area contributed by atoms with E-state index in [9.17, 15) is 33.6 Å². The number of nitrogens with one attached hydrogen (secondary N) is 5. The second kappa shape index (κ2) is 17.6. The van der Waals surface area contributed by atoms with Crippen molar-refractivity contribution in [1.82, 2.24) is 46.8 Å². The van der Waals surface area contributed by atoms with E-state index >= 15 is 0 Å². The number of carbonyl (C=O) groups is 7. The lowest BCUT2D eigenvalue weighted by Crippen LogP contribution is -2.53. The summed E-state index contributed by atoms with van der Waals surface area (Å²) in [5.74, 6) is -4.51. The summed E-state index contributed by atoms with van der Waals surface area (Å²) in [5, 5.41) is 32.1. The number of aromatic amines is 1. The number of nitrogens with zero attached hydrogens (tertiary/aromatic N) is 4. The van der Waals surface area contributed by atoms with E-state index in [0.717, 1.165) is 0 Å². The fourth-order valence-corrected chi connectivity index (χ4v) is 4.32. The molecule has 1 aromatic rings. The Morgan fingerprint density at radius 3 is 2.39 bits per heavy atom. The van der Waals surface area contributed by atoms with Crippen molar-refractivity contribution < 1.29 is 48.1 Å². The molecule has 1 aliphatic heterocycles. The minimum atomic E-state index is -1.16. The Kier molecular flexibility index (Phi) is 14.3. The molecular weight excluding hydrogens is 610 g/mol. The molecule has 0 bridgehead atoms. The molecule has 5 amide bonds. The van der Waals surface area contributed by atoms with Crippen LogP contribution in [0.3, 0.4) is 0 Å². The third kappa shape index (κ3) is 13.0. The largest absolute Gasteiger partial charge is 0.481 e. The number of hydrogen-bond donors (Lipinski definition) is 6. The average Bonchev–Trinajstić information content (AvgIpc) is 3.65. The Balaban J connectivity index is 2.03. The van der Waals surface area contributed by atoms with Crippen LogP contribution in [0.25, 0.3) is 0 Å². The van der Waals surface area contributed by atoms with Gasteiger partial charge >= 0.3 is 18.0 Å². The molecule has 1 aromatic heterocycles. The van der Waals surface area contributed by atoms with Gasteiger partial charge in [0.2, 0.25) is 23.6 Å². The van der Waals surface area contributed by atoms with Gasteiger partial charge in [-0.1, -0.05) is 25.5 Å². The van der Waals surface area contributed by atoms with Gasteiger partial charge in [-0.2, -0.15) is 5.21 Å². The maximum Gasteiger partial charge on any atom is 0.407 e. The smallest absolute Gasteiger partial charge is 0.407 e. The second-order valence-corrected chi connectivity index (χ2v) is 11.7. The highest BCUT2D eigenvalue weighted by Gasteiger charge is 2.41. The van der Waals surface area contributed by atoms with Crippen LogP contribution in [0.1, 0.15) is 72.5 Å². The van der Waals surface area contributed by atoms with Crippen molar-refractivity contribution in [1.29, 1.82) is 0 Å². The van der Waals surface area contributed by atoms with Crippen LogP contribution in [-0.4, -0.2) is 116 Å². The summed E-state index contributed by atoms with van der Waals surface area (Å²) in [5.41, 5.74) is -0.714. The molecule has 0 spiro atoms. The monoisotopic (exact) mass is 653 g/mol. The SMILES string of the molecule is CC[C@H](C)[C@H](NC(=O)CCC(=O)O)C(=O)NCC(=O)N1C[C@H](OC(=O)CCNC(=O)OC(C)(C)C)C[C@H]1C(=O)NCc1nn[nH]n1. The van der Waals surface area contributed by atoms with Gasteiger partial charge in [0.25, 0.3) is 0 Å². The summed E-state index contributed by atoms with van der Waals surface area (Å²) in [7, 11) is 0. The molecule has 1 saturated heterocycles. The van der Waals surface area contributed by atoms with E-state index in [-0.39, 0.29) is 50.6 Å². The van der Waals surface area contributed by atoms with Crippen LogP contribution in [0.2, 0.25) is 0 Å². The molecule has 19 heteroatoms. The molecule has 4 atom stereocenters. The number of carboxylic acids is 1. The molecule has 0 radical (unpaired) electrons. The third-order valence-corrected chi connectivity index (χ3v) is 6.78. The zero-order chi connectivity index (χ0) is 34.4. The first-order chi connectivity index (χ1) is 21.6. The van der Waals surface area contributed by atoms with Crippen LogP contribution in [0.4, 0.5) is 4.79 Å². The van der Waals surface area contributed by atoms with Crippen LogP contribution < -0.4 is 21.3 Å². The van der Waals surface area contributed by atoms with Gasteiger partial charge in [0.15, 0.2) is 5.82 Å². The molecule has 46 heavy (non-hydrogen) atoms. The van der Waals surface area contributed by atoms with Crippen molar-refractivity contribution in [2.24, 2.45) is 5.92 Å². The van der Waals surface area contributed by atoms with Gasteiger partial charge in [-0.05, 0) is 26.7 Å². The summed E-state index contributed by atoms with van der Waals surface area (Å²) in [6, 6.07) is -2.11. The summed E-state index contributed by atoms with van der Waals surface area (Å²) < 4.78 is 10.6. The van der Waals surface area contributed by atoms with Crippen molar-refractivity contribution in [3.63, 3.8) is 0 Å². The Labute approximate surface area is 265 Å². The zero-order valence-corrected chi connectivity index (χ0v) is 26.6. The van der Waals surface area contributed by atoms with E-state index in [4.69, 9.17) is 14.6 Å². The number of aliphatic carboxylic acids is 1. The summed E-state index contributed by atoms with van der Waals surface area (Å²) in [6.07, 6.45) is -2.02. The van der Waals surface area contributed by atoms with Gasteiger partial charge < -0.3 is 40.7 Å². The number of alkyl carbamates (subject to hydrolysis) is 1. The first-order valence-corrected chi connectivity index (χ1v) is 14.8. The fourth-order valence-electron chi connectivity index (χ4n) is 4.32. The lowest BCUT2D eigenvalue weighted by molar-refractivity contribution is -0.149. The van der Waals surface area contributed by atoms with E-state index < -0.39 is 78.4 Å². The molecule has 6 N–H and O–H groups in total. The highest BCUT2D eigenvalue weighted by molar-refractivity contribution is 5.93. The fraction of sp³-hybridized carbons (Fsp3) is 0.704. The van der Waals surface area contributed by atoms with Gasteiger partial charge in [-0.15, -0.1) is 10.2 Å². The molecule has 0 aromatic carbocycles. The number of tetrazole rings is 1. The molecular formula is C27H43N9O10.